The maximum absolute atomic E-state index is 8.45. The Kier molecular flexibility index (Phi) is 2.74. The predicted molar refractivity (Wildman–Crippen MR) is 63.5 cm³/mol. The summed E-state index contributed by atoms with van der Waals surface area (Å²) in [6.07, 6.45) is 0. The molecule has 1 aromatic carbocycles. The lowest BCUT2D eigenvalue weighted by Crippen LogP contribution is -2.53. The molecule has 1 aromatic rings. The molecule has 0 amide bonds. The van der Waals surface area contributed by atoms with Gasteiger partial charge in [-0.15, -0.1) is 0 Å². The molecule has 1 aliphatic rings. The van der Waals surface area contributed by atoms with E-state index in [1.807, 2.05) is 24.3 Å². The number of nitrogens with zero attached hydrogens (tertiary/aromatic N) is 2. The quantitative estimate of drug-likeness (QED) is 0.778. The van der Waals surface area contributed by atoms with Gasteiger partial charge in [0.1, 0.15) is 11.8 Å². The summed E-state index contributed by atoms with van der Waals surface area (Å²) in [5, 5.41) is 8.45. The van der Waals surface area contributed by atoms with E-state index in [1.165, 1.54) is 5.69 Å². The number of benzene rings is 1. The highest BCUT2D eigenvalue weighted by molar-refractivity contribution is 5.53. The number of nitriles is 1. The van der Waals surface area contributed by atoms with Crippen molar-refractivity contribution in [1.82, 2.24) is 0 Å². The number of anilines is 1. The molecule has 16 heavy (non-hydrogen) atoms. The molecule has 3 nitrogen and oxygen atoms in total. The van der Waals surface area contributed by atoms with E-state index >= 15 is 0 Å². The summed E-state index contributed by atoms with van der Waals surface area (Å²) < 4.78 is 5.28. The molecule has 0 aromatic heterocycles. The average Bonchev–Trinajstić information content (AvgIpc) is 2.23. The fourth-order valence-corrected chi connectivity index (χ4v) is 2.06. The second-order valence-corrected chi connectivity index (χ2v) is 4.96. The molecule has 0 saturated carbocycles. The number of ether oxygens (including phenoxy) is 1. The van der Waals surface area contributed by atoms with Gasteiger partial charge in [-0.2, -0.15) is 5.26 Å². The fraction of sp³-hybridized carbons (Fsp3) is 0.462. The van der Waals surface area contributed by atoms with Crippen molar-refractivity contribution >= 4 is 5.69 Å². The van der Waals surface area contributed by atoms with Gasteiger partial charge in [-0.05, 0) is 17.5 Å². The summed E-state index contributed by atoms with van der Waals surface area (Å²) in [6.45, 7) is 6.79. The summed E-state index contributed by atoms with van der Waals surface area (Å²) in [6, 6.07) is 9.89. The molecule has 0 N–H and O–H groups in total. The minimum Gasteiger partial charge on any atom is -0.479 e. The Bertz CT molecular complexity index is 412. The average molecular weight is 216 g/mol. The van der Waals surface area contributed by atoms with Crippen molar-refractivity contribution in [3.8, 4) is 11.8 Å². The zero-order valence-electron chi connectivity index (χ0n) is 9.73. The molecule has 84 valence electrons. The van der Waals surface area contributed by atoms with Crippen molar-refractivity contribution in [2.45, 2.75) is 13.8 Å². The van der Waals surface area contributed by atoms with Crippen LogP contribution in [0.1, 0.15) is 13.8 Å². The zero-order chi connectivity index (χ0) is 11.6. The molecule has 3 heteroatoms. The standard InChI is InChI=1S/C13H16N2O/c1-13(2)9-15(10-13)11-4-3-5-12(8-11)16-7-6-14/h3-5,8H,7,9-10H2,1-2H3. The van der Waals surface area contributed by atoms with Crippen LogP contribution in [-0.2, 0) is 0 Å². The van der Waals surface area contributed by atoms with Crippen LogP contribution in [0, 0.1) is 16.7 Å². The van der Waals surface area contributed by atoms with E-state index in [2.05, 4.69) is 24.8 Å². The van der Waals surface area contributed by atoms with Gasteiger partial charge in [0.25, 0.3) is 0 Å². The van der Waals surface area contributed by atoms with Crippen LogP contribution in [0.5, 0.6) is 5.75 Å². The normalized spacial score (nSPS) is 17.4. The first-order valence-corrected chi connectivity index (χ1v) is 5.45. The van der Waals surface area contributed by atoms with Crippen LogP contribution in [0.2, 0.25) is 0 Å². The number of rotatable bonds is 3. The summed E-state index contributed by atoms with van der Waals surface area (Å²) in [4.78, 5) is 2.32. The topological polar surface area (TPSA) is 36.3 Å². The predicted octanol–water partition coefficient (Wildman–Crippen LogP) is 2.44. The minimum atomic E-state index is 0.106. The van der Waals surface area contributed by atoms with Crippen LogP contribution in [0.15, 0.2) is 24.3 Å². The second kappa shape index (κ2) is 4.05. The molecular weight excluding hydrogens is 200 g/mol. The SMILES string of the molecule is CC1(C)CN(c2cccc(OCC#N)c2)C1. The molecule has 2 rings (SSSR count). The van der Waals surface area contributed by atoms with Crippen LogP contribution in [0.3, 0.4) is 0 Å². The van der Waals surface area contributed by atoms with Crippen LogP contribution in [-0.4, -0.2) is 19.7 Å². The number of hydrogen-bond donors (Lipinski definition) is 0. The summed E-state index contributed by atoms with van der Waals surface area (Å²) in [5.41, 5.74) is 1.60. The van der Waals surface area contributed by atoms with Crippen molar-refractivity contribution in [3.05, 3.63) is 24.3 Å². The third-order valence-corrected chi connectivity index (χ3v) is 2.72. The van der Waals surface area contributed by atoms with Gasteiger partial charge < -0.3 is 9.64 Å². The van der Waals surface area contributed by atoms with E-state index in [-0.39, 0.29) is 6.61 Å². The molecular formula is C13H16N2O. The lowest BCUT2D eigenvalue weighted by atomic mass is 9.84. The van der Waals surface area contributed by atoms with Crippen molar-refractivity contribution in [2.75, 3.05) is 24.6 Å². The smallest absolute Gasteiger partial charge is 0.174 e. The highest BCUT2D eigenvalue weighted by Gasteiger charge is 2.34. The van der Waals surface area contributed by atoms with Gasteiger partial charge in [-0.25, -0.2) is 0 Å². The van der Waals surface area contributed by atoms with E-state index in [9.17, 15) is 0 Å². The Hall–Kier alpha value is -1.69. The molecule has 0 unspecified atom stereocenters. The molecule has 0 atom stereocenters. The van der Waals surface area contributed by atoms with Crippen LogP contribution < -0.4 is 9.64 Å². The Morgan fingerprint density at radius 2 is 2.19 bits per heavy atom. The first-order chi connectivity index (χ1) is 7.61. The van der Waals surface area contributed by atoms with E-state index in [4.69, 9.17) is 10.00 Å². The maximum atomic E-state index is 8.45. The van der Waals surface area contributed by atoms with Gasteiger partial charge in [-0.1, -0.05) is 19.9 Å². The lowest BCUT2D eigenvalue weighted by molar-refractivity contribution is 0.276. The largest absolute Gasteiger partial charge is 0.479 e. The van der Waals surface area contributed by atoms with Crippen LogP contribution in [0.4, 0.5) is 5.69 Å². The van der Waals surface area contributed by atoms with Crippen LogP contribution >= 0.6 is 0 Å². The Balaban J connectivity index is 2.03. The van der Waals surface area contributed by atoms with Gasteiger partial charge in [0, 0.05) is 24.8 Å². The molecule has 0 aliphatic carbocycles. The Morgan fingerprint density at radius 1 is 1.44 bits per heavy atom. The Morgan fingerprint density at radius 3 is 2.81 bits per heavy atom. The zero-order valence-corrected chi connectivity index (χ0v) is 9.73. The molecule has 0 bridgehead atoms. The number of hydrogen-bond acceptors (Lipinski definition) is 3. The van der Waals surface area contributed by atoms with Gasteiger partial charge in [-0.3, -0.25) is 0 Å². The molecule has 1 fully saturated rings. The first-order valence-electron chi connectivity index (χ1n) is 5.45. The molecule has 1 saturated heterocycles. The second-order valence-electron chi connectivity index (χ2n) is 4.96. The summed E-state index contributed by atoms with van der Waals surface area (Å²) in [7, 11) is 0. The van der Waals surface area contributed by atoms with Gasteiger partial charge >= 0.3 is 0 Å². The lowest BCUT2D eigenvalue weighted by Gasteiger charge is -2.47. The van der Waals surface area contributed by atoms with Crippen molar-refractivity contribution in [2.24, 2.45) is 5.41 Å². The van der Waals surface area contributed by atoms with Crippen LogP contribution in [0.25, 0.3) is 0 Å². The molecule has 0 radical (unpaired) electrons. The molecule has 1 heterocycles. The first kappa shape index (κ1) is 10.8. The summed E-state index contributed by atoms with van der Waals surface area (Å²) >= 11 is 0. The van der Waals surface area contributed by atoms with Gasteiger partial charge in [0.15, 0.2) is 6.61 Å². The van der Waals surface area contributed by atoms with Crippen molar-refractivity contribution in [1.29, 1.82) is 5.26 Å². The maximum Gasteiger partial charge on any atom is 0.174 e. The summed E-state index contributed by atoms with van der Waals surface area (Å²) in [5.74, 6) is 0.767. The van der Waals surface area contributed by atoms with Crippen molar-refractivity contribution in [3.63, 3.8) is 0 Å². The molecule has 0 spiro atoms. The van der Waals surface area contributed by atoms with E-state index in [1.54, 1.807) is 0 Å². The van der Waals surface area contributed by atoms with E-state index in [0.29, 0.717) is 5.41 Å². The van der Waals surface area contributed by atoms with Gasteiger partial charge in [0.2, 0.25) is 0 Å². The highest BCUT2D eigenvalue weighted by atomic mass is 16.5. The third-order valence-electron chi connectivity index (χ3n) is 2.72. The van der Waals surface area contributed by atoms with E-state index in [0.717, 1.165) is 18.8 Å². The third kappa shape index (κ3) is 2.27. The molecule has 1 aliphatic heterocycles. The van der Waals surface area contributed by atoms with E-state index < -0.39 is 0 Å². The van der Waals surface area contributed by atoms with Crippen molar-refractivity contribution < 1.29 is 4.74 Å². The van der Waals surface area contributed by atoms with Gasteiger partial charge in [0.05, 0.1) is 0 Å². The fourth-order valence-electron chi connectivity index (χ4n) is 2.06. The highest BCUT2D eigenvalue weighted by Crippen LogP contribution is 2.34. The monoisotopic (exact) mass is 216 g/mol. The Labute approximate surface area is 96.2 Å². The minimum absolute atomic E-state index is 0.106.